The molecule has 0 aliphatic carbocycles. The molecule has 0 radical (unpaired) electrons. The molecule has 26 heavy (non-hydrogen) atoms. The van der Waals surface area contributed by atoms with Crippen molar-refractivity contribution in [1.29, 1.82) is 0 Å². The average molecular weight is 374 g/mol. The van der Waals surface area contributed by atoms with Crippen molar-refractivity contribution in [3.8, 4) is 5.75 Å². The van der Waals surface area contributed by atoms with Gasteiger partial charge < -0.3 is 10.1 Å². The molecule has 1 heterocycles. The van der Waals surface area contributed by atoms with Crippen molar-refractivity contribution in [2.24, 2.45) is 0 Å². The van der Waals surface area contributed by atoms with Crippen LogP contribution < -0.4 is 14.4 Å². The molecule has 1 N–H and O–H groups in total. The van der Waals surface area contributed by atoms with Crippen LogP contribution >= 0.6 is 0 Å². The van der Waals surface area contributed by atoms with Crippen LogP contribution in [-0.4, -0.2) is 33.2 Å². The molecule has 0 saturated heterocycles. The van der Waals surface area contributed by atoms with Crippen LogP contribution in [-0.2, 0) is 14.8 Å². The van der Waals surface area contributed by atoms with E-state index in [-0.39, 0.29) is 18.5 Å². The first-order valence-electron chi connectivity index (χ1n) is 8.36. The first-order valence-corrected chi connectivity index (χ1v) is 10.2. The Morgan fingerprint density at radius 2 is 1.85 bits per heavy atom. The molecule has 0 aromatic heterocycles. The number of aryl methyl sites for hydroxylation is 1. The Kier molecular flexibility index (Phi) is 4.91. The van der Waals surface area contributed by atoms with Gasteiger partial charge in [-0.05, 0) is 31.5 Å². The quantitative estimate of drug-likeness (QED) is 0.892. The molecular formula is C19H22N2O4S. The lowest BCUT2D eigenvalue weighted by molar-refractivity contribution is -0.128. The molecule has 2 aromatic carbocycles. The number of nitrogens with zero attached hydrogens (tertiary/aromatic N) is 1. The van der Waals surface area contributed by atoms with E-state index in [4.69, 9.17) is 4.74 Å². The topological polar surface area (TPSA) is 75.7 Å². The predicted molar refractivity (Wildman–Crippen MR) is 101 cm³/mol. The second-order valence-electron chi connectivity index (χ2n) is 6.51. The summed E-state index contributed by atoms with van der Waals surface area (Å²) in [5, 5.41) is 2.90. The van der Waals surface area contributed by atoms with Crippen LogP contribution in [0.2, 0.25) is 0 Å². The summed E-state index contributed by atoms with van der Waals surface area (Å²) in [4.78, 5) is 12.7. The normalized spacial score (nSPS) is 17.8. The number of carbonyl (C=O) groups excluding carboxylic acids is 1. The summed E-state index contributed by atoms with van der Waals surface area (Å²) in [6.45, 7) is 3.83. The van der Waals surface area contributed by atoms with Crippen molar-refractivity contribution in [3.05, 3.63) is 59.7 Å². The monoisotopic (exact) mass is 374 g/mol. The van der Waals surface area contributed by atoms with E-state index in [9.17, 15) is 13.2 Å². The van der Waals surface area contributed by atoms with Gasteiger partial charge in [0, 0.05) is 0 Å². The van der Waals surface area contributed by atoms with Gasteiger partial charge in [0.1, 0.15) is 5.75 Å². The first kappa shape index (κ1) is 18.3. The zero-order valence-electron chi connectivity index (χ0n) is 15.0. The SMILES string of the molecule is Cc1ccc([C@@H](C)NC(=O)[C@@H]2CN(S(C)(=O)=O)c3ccccc3O2)cc1. The Bertz CT molecular complexity index is 909. The van der Waals surface area contributed by atoms with Gasteiger partial charge in [-0.1, -0.05) is 42.0 Å². The zero-order chi connectivity index (χ0) is 18.9. The number of sulfonamides is 1. The third kappa shape index (κ3) is 3.83. The summed E-state index contributed by atoms with van der Waals surface area (Å²) >= 11 is 0. The summed E-state index contributed by atoms with van der Waals surface area (Å²) in [5.74, 6) is 0.0357. The Morgan fingerprint density at radius 3 is 2.50 bits per heavy atom. The van der Waals surface area contributed by atoms with Crippen molar-refractivity contribution in [3.63, 3.8) is 0 Å². The number of ether oxygens (including phenoxy) is 1. The van der Waals surface area contributed by atoms with Gasteiger partial charge in [-0.3, -0.25) is 9.10 Å². The number of anilines is 1. The summed E-state index contributed by atoms with van der Waals surface area (Å²) < 4.78 is 31.2. The molecule has 2 aromatic rings. The molecule has 0 unspecified atom stereocenters. The van der Waals surface area contributed by atoms with Gasteiger partial charge in [0.2, 0.25) is 10.0 Å². The second-order valence-corrected chi connectivity index (χ2v) is 8.42. The van der Waals surface area contributed by atoms with Gasteiger partial charge in [0.05, 0.1) is 24.5 Å². The highest BCUT2D eigenvalue weighted by molar-refractivity contribution is 7.92. The number of fused-ring (bicyclic) bond motifs is 1. The number of rotatable bonds is 4. The zero-order valence-corrected chi connectivity index (χ0v) is 15.8. The minimum Gasteiger partial charge on any atom is -0.476 e. The summed E-state index contributed by atoms with van der Waals surface area (Å²) in [7, 11) is -3.52. The highest BCUT2D eigenvalue weighted by atomic mass is 32.2. The largest absolute Gasteiger partial charge is 0.476 e. The number of nitrogens with one attached hydrogen (secondary N) is 1. The molecule has 138 valence electrons. The fraction of sp³-hybridized carbons (Fsp3) is 0.316. The van der Waals surface area contributed by atoms with E-state index in [0.717, 1.165) is 17.4 Å². The minimum absolute atomic E-state index is 0.0533. The van der Waals surface area contributed by atoms with Crippen molar-refractivity contribution in [2.75, 3.05) is 17.1 Å². The number of carbonyl (C=O) groups is 1. The highest BCUT2D eigenvalue weighted by Crippen LogP contribution is 2.34. The third-order valence-electron chi connectivity index (χ3n) is 4.36. The molecule has 1 aliphatic heterocycles. The predicted octanol–water partition coefficient (Wildman–Crippen LogP) is 2.40. The van der Waals surface area contributed by atoms with Gasteiger partial charge in [-0.2, -0.15) is 0 Å². The molecule has 6 nitrogen and oxygen atoms in total. The van der Waals surface area contributed by atoms with Crippen LogP contribution in [0.25, 0.3) is 0 Å². The highest BCUT2D eigenvalue weighted by Gasteiger charge is 2.35. The average Bonchev–Trinajstić information content (AvgIpc) is 2.60. The first-order chi connectivity index (χ1) is 12.3. The molecule has 3 rings (SSSR count). The lowest BCUT2D eigenvalue weighted by atomic mass is 10.1. The smallest absolute Gasteiger partial charge is 0.263 e. The molecule has 0 bridgehead atoms. The van der Waals surface area contributed by atoms with Gasteiger partial charge in [0.15, 0.2) is 6.10 Å². The molecular weight excluding hydrogens is 352 g/mol. The molecule has 2 atom stereocenters. The van der Waals surface area contributed by atoms with E-state index in [1.165, 1.54) is 4.31 Å². The van der Waals surface area contributed by atoms with E-state index < -0.39 is 16.1 Å². The van der Waals surface area contributed by atoms with Crippen molar-refractivity contribution < 1.29 is 17.9 Å². The Hall–Kier alpha value is -2.54. The second kappa shape index (κ2) is 6.99. The Labute approximate surface area is 153 Å². The lowest BCUT2D eigenvalue weighted by Crippen LogP contribution is -2.50. The van der Waals surface area contributed by atoms with Crippen LogP contribution in [0, 0.1) is 6.92 Å². The Balaban J connectivity index is 1.79. The van der Waals surface area contributed by atoms with Gasteiger partial charge in [-0.25, -0.2) is 8.42 Å². The summed E-state index contributed by atoms with van der Waals surface area (Å²) in [6, 6.07) is 14.5. The third-order valence-corrected chi connectivity index (χ3v) is 5.51. The standard InChI is InChI=1S/C19H22N2O4S/c1-13-8-10-15(11-9-13)14(2)20-19(22)18-12-21(26(3,23)24)16-6-4-5-7-17(16)25-18/h4-11,14,18H,12H2,1-3H3,(H,20,22)/t14-,18+/m1/s1. The molecule has 1 aliphatic rings. The molecule has 0 fully saturated rings. The maximum absolute atomic E-state index is 12.7. The van der Waals surface area contributed by atoms with Gasteiger partial charge >= 0.3 is 0 Å². The fourth-order valence-corrected chi connectivity index (χ4v) is 3.81. The minimum atomic E-state index is -3.52. The molecule has 0 spiro atoms. The maximum atomic E-state index is 12.7. The van der Waals surface area contributed by atoms with E-state index in [0.29, 0.717) is 11.4 Å². The van der Waals surface area contributed by atoms with Crippen LogP contribution in [0.1, 0.15) is 24.1 Å². The van der Waals surface area contributed by atoms with E-state index in [1.807, 2.05) is 38.1 Å². The summed E-state index contributed by atoms with van der Waals surface area (Å²) in [6.07, 6.45) is 0.214. The molecule has 1 amide bonds. The van der Waals surface area contributed by atoms with Crippen LogP contribution in [0.3, 0.4) is 0 Å². The van der Waals surface area contributed by atoms with Gasteiger partial charge in [0.25, 0.3) is 5.91 Å². The Morgan fingerprint density at radius 1 is 1.19 bits per heavy atom. The van der Waals surface area contributed by atoms with Crippen molar-refractivity contribution in [2.45, 2.75) is 26.0 Å². The van der Waals surface area contributed by atoms with E-state index in [2.05, 4.69) is 5.32 Å². The van der Waals surface area contributed by atoms with Crippen molar-refractivity contribution >= 4 is 21.6 Å². The van der Waals surface area contributed by atoms with Crippen LogP contribution in [0.15, 0.2) is 48.5 Å². The fourth-order valence-electron chi connectivity index (χ4n) is 2.90. The lowest BCUT2D eigenvalue weighted by Gasteiger charge is -2.34. The molecule has 0 saturated carbocycles. The van der Waals surface area contributed by atoms with Crippen LogP contribution in [0.5, 0.6) is 5.75 Å². The number of hydrogen-bond donors (Lipinski definition) is 1. The van der Waals surface area contributed by atoms with E-state index >= 15 is 0 Å². The number of para-hydroxylation sites is 2. The molecule has 7 heteroatoms. The van der Waals surface area contributed by atoms with Gasteiger partial charge in [-0.15, -0.1) is 0 Å². The van der Waals surface area contributed by atoms with Crippen molar-refractivity contribution in [1.82, 2.24) is 5.32 Å². The number of hydrogen-bond acceptors (Lipinski definition) is 4. The van der Waals surface area contributed by atoms with E-state index in [1.54, 1.807) is 24.3 Å². The number of amides is 1. The number of benzene rings is 2. The summed E-state index contributed by atoms with van der Waals surface area (Å²) in [5.41, 5.74) is 2.56. The maximum Gasteiger partial charge on any atom is 0.263 e. The van der Waals surface area contributed by atoms with Crippen LogP contribution in [0.4, 0.5) is 5.69 Å².